The number of hydrogen-bond donors (Lipinski definition) is 2. The Hall–Kier alpha value is -3.12. The van der Waals surface area contributed by atoms with Gasteiger partial charge in [0.25, 0.3) is 0 Å². The molecular weight excluding hydrogens is 410 g/mol. The average molecular weight is 444 g/mol. The number of anilines is 1. The Kier molecular flexibility index (Phi) is 5.71. The molecule has 2 amide bonds. The number of rotatable bonds is 5. The normalized spacial score (nSPS) is 18.3. The number of carbonyl (C=O) groups excluding carboxylic acids is 1. The van der Waals surface area contributed by atoms with Gasteiger partial charge in [0.2, 0.25) is 0 Å². The Bertz CT molecular complexity index is 1120. The molecule has 0 bridgehead atoms. The van der Waals surface area contributed by atoms with Crippen molar-refractivity contribution in [3.05, 3.63) is 77.1 Å². The van der Waals surface area contributed by atoms with Gasteiger partial charge in [-0.15, -0.1) is 0 Å². The van der Waals surface area contributed by atoms with Gasteiger partial charge >= 0.3 is 6.03 Å². The van der Waals surface area contributed by atoms with Gasteiger partial charge in [-0.1, -0.05) is 45.0 Å². The van der Waals surface area contributed by atoms with Gasteiger partial charge in [-0.25, -0.2) is 9.48 Å². The Morgan fingerprint density at radius 2 is 1.79 bits per heavy atom. The van der Waals surface area contributed by atoms with E-state index in [1.807, 2.05) is 18.3 Å². The Morgan fingerprint density at radius 3 is 2.45 bits per heavy atom. The monoisotopic (exact) mass is 443 g/mol. The SMILES string of the molecule is CC(C)(C)c1ccc(-n2ncc3c2CCC[C@@H]3NCc2ccc(N3CCNC3=O)cc2)cc1. The number of urea groups is 1. The predicted octanol–water partition coefficient (Wildman–Crippen LogP) is 4.87. The van der Waals surface area contributed by atoms with E-state index >= 15 is 0 Å². The quantitative estimate of drug-likeness (QED) is 0.592. The maximum Gasteiger partial charge on any atom is 0.321 e. The highest BCUT2D eigenvalue weighted by Crippen LogP contribution is 2.32. The molecule has 1 atom stereocenters. The first-order chi connectivity index (χ1) is 15.9. The molecule has 2 N–H and O–H groups in total. The average Bonchev–Trinajstić information content (AvgIpc) is 3.44. The van der Waals surface area contributed by atoms with E-state index in [4.69, 9.17) is 5.10 Å². The summed E-state index contributed by atoms with van der Waals surface area (Å²) in [5, 5.41) is 11.4. The van der Waals surface area contributed by atoms with Crippen molar-refractivity contribution >= 4 is 11.7 Å². The first-order valence-corrected chi connectivity index (χ1v) is 12.0. The Labute approximate surface area is 196 Å². The molecular formula is C27H33N5O. The molecule has 6 heteroatoms. The molecule has 2 heterocycles. The Balaban J connectivity index is 1.28. The van der Waals surface area contributed by atoms with Crippen LogP contribution in [0.25, 0.3) is 5.69 Å². The second-order valence-corrected chi connectivity index (χ2v) is 10.1. The van der Waals surface area contributed by atoms with Crippen molar-refractivity contribution in [3.8, 4) is 5.69 Å². The summed E-state index contributed by atoms with van der Waals surface area (Å²) in [5.74, 6) is 0. The number of amides is 2. The summed E-state index contributed by atoms with van der Waals surface area (Å²) in [4.78, 5) is 13.7. The van der Waals surface area contributed by atoms with E-state index in [1.165, 1.54) is 22.4 Å². The zero-order valence-corrected chi connectivity index (χ0v) is 19.8. The predicted molar refractivity (Wildman–Crippen MR) is 132 cm³/mol. The van der Waals surface area contributed by atoms with E-state index in [2.05, 4.69) is 72.5 Å². The van der Waals surface area contributed by atoms with E-state index in [0.29, 0.717) is 12.6 Å². The summed E-state index contributed by atoms with van der Waals surface area (Å²) in [6.45, 7) is 8.95. The summed E-state index contributed by atoms with van der Waals surface area (Å²) >= 11 is 0. The lowest BCUT2D eigenvalue weighted by Gasteiger charge is -2.25. The largest absolute Gasteiger partial charge is 0.336 e. The molecule has 1 aromatic heterocycles. The maximum absolute atomic E-state index is 11.9. The van der Waals surface area contributed by atoms with Crippen LogP contribution in [0, 0.1) is 0 Å². The molecule has 172 valence electrons. The number of fused-ring (bicyclic) bond motifs is 1. The number of nitrogens with zero attached hydrogens (tertiary/aromatic N) is 3. The first kappa shape index (κ1) is 21.7. The van der Waals surface area contributed by atoms with Gasteiger partial charge in [0, 0.05) is 42.6 Å². The lowest BCUT2D eigenvalue weighted by atomic mass is 9.87. The molecule has 6 nitrogen and oxygen atoms in total. The highest BCUT2D eigenvalue weighted by molar-refractivity contribution is 5.93. The van der Waals surface area contributed by atoms with Gasteiger partial charge in [-0.05, 0) is 60.1 Å². The molecule has 5 rings (SSSR count). The van der Waals surface area contributed by atoms with Crippen LogP contribution in [-0.2, 0) is 18.4 Å². The third-order valence-electron chi connectivity index (χ3n) is 6.82. The highest BCUT2D eigenvalue weighted by Gasteiger charge is 2.25. The first-order valence-electron chi connectivity index (χ1n) is 12.0. The Morgan fingerprint density at radius 1 is 1.06 bits per heavy atom. The van der Waals surface area contributed by atoms with E-state index < -0.39 is 0 Å². The van der Waals surface area contributed by atoms with Gasteiger partial charge in [-0.2, -0.15) is 5.10 Å². The summed E-state index contributed by atoms with van der Waals surface area (Å²) in [6, 6.07) is 17.4. The molecule has 0 unspecified atom stereocenters. The molecule has 0 radical (unpaired) electrons. The number of benzene rings is 2. The smallest absolute Gasteiger partial charge is 0.321 e. The van der Waals surface area contributed by atoms with Crippen molar-refractivity contribution in [1.29, 1.82) is 0 Å². The summed E-state index contributed by atoms with van der Waals surface area (Å²) in [7, 11) is 0. The fourth-order valence-electron chi connectivity index (χ4n) is 4.85. The molecule has 1 aliphatic carbocycles. The minimum atomic E-state index is -0.0133. The minimum Gasteiger partial charge on any atom is -0.336 e. The molecule has 0 spiro atoms. The zero-order chi connectivity index (χ0) is 23.0. The van der Waals surface area contributed by atoms with Crippen molar-refractivity contribution in [3.63, 3.8) is 0 Å². The van der Waals surface area contributed by atoms with Gasteiger partial charge in [0.15, 0.2) is 0 Å². The van der Waals surface area contributed by atoms with Crippen LogP contribution in [0.15, 0.2) is 54.7 Å². The van der Waals surface area contributed by atoms with Crippen LogP contribution in [0.4, 0.5) is 10.5 Å². The van der Waals surface area contributed by atoms with Crippen LogP contribution < -0.4 is 15.5 Å². The summed E-state index contributed by atoms with van der Waals surface area (Å²) in [5.41, 5.74) is 7.41. The fraction of sp³-hybridized carbons (Fsp3) is 0.407. The van der Waals surface area contributed by atoms with Crippen LogP contribution in [0.1, 0.15) is 62.0 Å². The molecule has 3 aromatic rings. The maximum atomic E-state index is 11.9. The topological polar surface area (TPSA) is 62.2 Å². The molecule has 2 aliphatic rings. The van der Waals surface area contributed by atoms with Gasteiger partial charge in [0.05, 0.1) is 11.9 Å². The number of hydrogen-bond acceptors (Lipinski definition) is 3. The summed E-state index contributed by atoms with van der Waals surface area (Å²) < 4.78 is 2.12. The van der Waals surface area contributed by atoms with Gasteiger partial charge in [-0.3, -0.25) is 4.90 Å². The van der Waals surface area contributed by atoms with Gasteiger partial charge in [0.1, 0.15) is 0 Å². The molecule has 33 heavy (non-hydrogen) atoms. The van der Waals surface area contributed by atoms with Crippen LogP contribution in [-0.4, -0.2) is 28.9 Å². The molecule has 1 saturated heterocycles. The third kappa shape index (κ3) is 4.40. The number of nitrogens with one attached hydrogen (secondary N) is 2. The van der Waals surface area contributed by atoms with Crippen molar-refractivity contribution in [2.24, 2.45) is 0 Å². The van der Waals surface area contributed by atoms with E-state index in [0.717, 1.165) is 43.7 Å². The fourth-order valence-corrected chi connectivity index (χ4v) is 4.85. The van der Waals surface area contributed by atoms with Crippen LogP contribution in [0.5, 0.6) is 0 Å². The number of carbonyl (C=O) groups is 1. The van der Waals surface area contributed by atoms with Crippen LogP contribution in [0.3, 0.4) is 0 Å². The standard InChI is InChI=1S/C27H33N5O/c1-27(2,3)20-9-13-22(14-10-20)32-25-6-4-5-24(23(25)18-30-32)29-17-19-7-11-21(12-8-19)31-16-15-28-26(31)33/h7-14,18,24,29H,4-6,15-17H2,1-3H3,(H,28,33)/t24-/m0/s1. The van der Waals surface area contributed by atoms with Crippen LogP contribution >= 0.6 is 0 Å². The highest BCUT2D eigenvalue weighted by atomic mass is 16.2. The molecule has 1 fully saturated rings. The van der Waals surface area contributed by atoms with E-state index in [-0.39, 0.29) is 11.4 Å². The summed E-state index contributed by atoms with van der Waals surface area (Å²) in [6.07, 6.45) is 5.37. The molecule has 0 saturated carbocycles. The molecule has 1 aliphatic heterocycles. The zero-order valence-electron chi connectivity index (χ0n) is 19.8. The lowest BCUT2D eigenvalue weighted by Crippen LogP contribution is -2.27. The van der Waals surface area contributed by atoms with Crippen molar-refractivity contribution in [1.82, 2.24) is 20.4 Å². The second-order valence-electron chi connectivity index (χ2n) is 10.1. The minimum absolute atomic E-state index is 0.0133. The second kappa shape index (κ2) is 8.67. The van der Waals surface area contributed by atoms with Crippen molar-refractivity contribution in [2.75, 3.05) is 18.0 Å². The van der Waals surface area contributed by atoms with E-state index in [9.17, 15) is 4.79 Å². The third-order valence-corrected chi connectivity index (χ3v) is 6.82. The lowest BCUT2D eigenvalue weighted by molar-refractivity contribution is 0.252. The van der Waals surface area contributed by atoms with Crippen molar-refractivity contribution in [2.45, 2.75) is 58.0 Å². The van der Waals surface area contributed by atoms with Crippen molar-refractivity contribution < 1.29 is 4.79 Å². The van der Waals surface area contributed by atoms with E-state index in [1.54, 1.807) is 4.90 Å². The number of aromatic nitrogens is 2. The molecule has 2 aromatic carbocycles. The van der Waals surface area contributed by atoms with Gasteiger partial charge < -0.3 is 10.6 Å². The van der Waals surface area contributed by atoms with Crippen LogP contribution in [0.2, 0.25) is 0 Å².